The topological polar surface area (TPSA) is 67.4 Å². The predicted octanol–water partition coefficient (Wildman–Crippen LogP) is 2.67. The van der Waals surface area contributed by atoms with Gasteiger partial charge >= 0.3 is 0 Å². The maximum absolute atomic E-state index is 12.3. The zero-order valence-electron chi connectivity index (χ0n) is 11.9. The van der Waals surface area contributed by atoms with Crippen molar-refractivity contribution < 1.29 is 13.2 Å². The molecule has 5 nitrogen and oxygen atoms in total. The first-order valence-electron chi connectivity index (χ1n) is 6.53. The van der Waals surface area contributed by atoms with Gasteiger partial charge in [-0.25, -0.2) is 8.42 Å². The Labute approximate surface area is 129 Å². The molecule has 2 aromatic rings. The van der Waals surface area contributed by atoms with Gasteiger partial charge in [0.05, 0.1) is 12.3 Å². The van der Waals surface area contributed by atoms with Crippen molar-refractivity contribution in [1.82, 2.24) is 5.32 Å². The number of hydrogen-bond acceptors (Lipinski definition) is 5. The van der Waals surface area contributed by atoms with E-state index in [1.165, 1.54) is 11.3 Å². The van der Waals surface area contributed by atoms with Crippen LogP contribution in [-0.2, 0) is 16.6 Å². The van der Waals surface area contributed by atoms with E-state index in [2.05, 4.69) is 10.0 Å². The predicted molar refractivity (Wildman–Crippen MR) is 85.5 cm³/mol. The molecule has 0 fully saturated rings. The van der Waals surface area contributed by atoms with Crippen molar-refractivity contribution in [2.24, 2.45) is 0 Å². The van der Waals surface area contributed by atoms with Crippen LogP contribution in [0.2, 0.25) is 0 Å². The summed E-state index contributed by atoms with van der Waals surface area (Å²) < 4.78 is 32.9. The number of anilines is 1. The van der Waals surface area contributed by atoms with E-state index in [4.69, 9.17) is 4.74 Å². The maximum atomic E-state index is 12.3. The van der Waals surface area contributed by atoms with Gasteiger partial charge in [0.25, 0.3) is 10.0 Å². The summed E-state index contributed by atoms with van der Waals surface area (Å²) in [7, 11) is -1.73. The number of ether oxygens (including phenoxy) is 1. The van der Waals surface area contributed by atoms with Crippen LogP contribution in [0.4, 0.5) is 5.69 Å². The number of hydrogen-bond donors (Lipinski definition) is 2. The normalized spacial score (nSPS) is 11.3. The lowest BCUT2D eigenvalue weighted by molar-refractivity contribution is 0.340. The molecule has 0 atom stereocenters. The van der Waals surface area contributed by atoms with E-state index in [0.29, 0.717) is 28.8 Å². The summed E-state index contributed by atoms with van der Waals surface area (Å²) in [5.74, 6) is 0.639. The number of nitrogens with one attached hydrogen (secondary N) is 2. The number of benzene rings is 1. The Bertz CT molecular complexity index is 696. The molecule has 2 N–H and O–H groups in total. The molecule has 0 radical (unpaired) electrons. The quantitative estimate of drug-likeness (QED) is 0.821. The lowest BCUT2D eigenvalue weighted by atomic mass is 10.3. The monoisotopic (exact) mass is 326 g/mol. The summed E-state index contributed by atoms with van der Waals surface area (Å²) >= 11 is 1.21. The fourth-order valence-electron chi connectivity index (χ4n) is 1.81. The largest absolute Gasteiger partial charge is 0.494 e. The van der Waals surface area contributed by atoms with Gasteiger partial charge in [0.1, 0.15) is 9.96 Å². The molecule has 114 valence electrons. The number of thiophene rings is 1. The van der Waals surface area contributed by atoms with Gasteiger partial charge in [-0.15, -0.1) is 11.3 Å². The van der Waals surface area contributed by atoms with Gasteiger partial charge in [0.2, 0.25) is 0 Å². The van der Waals surface area contributed by atoms with Crippen molar-refractivity contribution in [3.63, 3.8) is 0 Å². The molecular weight excluding hydrogens is 308 g/mol. The smallest absolute Gasteiger partial charge is 0.271 e. The summed E-state index contributed by atoms with van der Waals surface area (Å²) in [5, 5.41) is 4.83. The molecule has 2 rings (SSSR count). The molecule has 0 unspecified atom stereocenters. The fraction of sp³-hybridized carbons (Fsp3) is 0.286. The molecule has 0 bridgehead atoms. The van der Waals surface area contributed by atoms with E-state index in [9.17, 15) is 8.42 Å². The van der Waals surface area contributed by atoms with Crippen molar-refractivity contribution in [2.75, 3.05) is 18.4 Å². The average molecular weight is 326 g/mol. The minimum atomic E-state index is -3.56. The second-order valence-electron chi connectivity index (χ2n) is 4.37. The van der Waals surface area contributed by atoms with Gasteiger partial charge in [0.15, 0.2) is 0 Å². The van der Waals surface area contributed by atoms with Gasteiger partial charge < -0.3 is 10.1 Å². The Hall–Kier alpha value is -1.57. The summed E-state index contributed by atoms with van der Waals surface area (Å²) in [4.78, 5) is 0. The first-order chi connectivity index (χ1) is 10.0. The summed E-state index contributed by atoms with van der Waals surface area (Å²) in [6.45, 7) is 3.06. The van der Waals surface area contributed by atoms with E-state index >= 15 is 0 Å². The Morgan fingerprint density at radius 1 is 1.29 bits per heavy atom. The van der Waals surface area contributed by atoms with Crippen LogP contribution in [0, 0.1) is 0 Å². The number of rotatable bonds is 7. The van der Waals surface area contributed by atoms with Gasteiger partial charge in [0, 0.05) is 12.6 Å². The molecule has 0 amide bonds. The SMILES string of the molecule is CCOc1cccc(NS(=O)(=O)c2cc(CNC)cs2)c1. The van der Waals surface area contributed by atoms with Gasteiger partial charge in [-0.05, 0) is 43.1 Å². The minimum absolute atomic E-state index is 0.301. The van der Waals surface area contributed by atoms with Crippen LogP contribution in [0.1, 0.15) is 12.5 Å². The van der Waals surface area contributed by atoms with Crippen molar-refractivity contribution in [1.29, 1.82) is 0 Å². The Kier molecular flexibility index (Phi) is 5.22. The standard InChI is InChI=1S/C14H18N2O3S2/c1-3-19-13-6-4-5-12(8-13)16-21(17,18)14-7-11(9-15-2)10-20-14/h4-8,10,15-16H,3,9H2,1-2H3. The third kappa shape index (κ3) is 4.20. The molecule has 1 heterocycles. The van der Waals surface area contributed by atoms with Crippen LogP contribution < -0.4 is 14.8 Å². The van der Waals surface area contributed by atoms with Crippen molar-refractivity contribution in [3.8, 4) is 5.75 Å². The van der Waals surface area contributed by atoms with Gasteiger partial charge in [-0.1, -0.05) is 6.07 Å². The van der Waals surface area contributed by atoms with Crippen LogP contribution in [0.25, 0.3) is 0 Å². The Morgan fingerprint density at radius 3 is 2.81 bits per heavy atom. The number of sulfonamides is 1. The average Bonchev–Trinajstić information content (AvgIpc) is 2.89. The zero-order valence-corrected chi connectivity index (χ0v) is 13.6. The highest BCUT2D eigenvalue weighted by Crippen LogP contribution is 2.24. The van der Waals surface area contributed by atoms with Crippen molar-refractivity contribution in [2.45, 2.75) is 17.7 Å². The first-order valence-corrected chi connectivity index (χ1v) is 8.89. The van der Waals surface area contributed by atoms with E-state index in [1.807, 2.05) is 19.4 Å². The van der Waals surface area contributed by atoms with E-state index in [1.54, 1.807) is 30.3 Å². The van der Waals surface area contributed by atoms with Crippen LogP contribution >= 0.6 is 11.3 Å². The molecule has 0 saturated heterocycles. The minimum Gasteiger partial charge on any atom is -0.494 e. The second kappa shape index (κ2) is 6.93. The van der Waals surface area contributed by atoms with Crippen LogP contribution in [0.5, 0.6) is 5.75 Å². The molecule has 21 heavy (non-hydrogen) atoms. The van der Waals surface area contributed by atoms with Crippen LogP contribution in [0.3, 0.4) is 0 Å². The highest BCUT2D eigenvalue weighted by atomic mass is 32.2. The highest BCUT2D eigenvalue weighted by molar-refractivity contribution is 7.94. The Morgan fingerprint density at radius 2 is 2.10 bits per heavy atom. The maximum Gasteiger partial charge on any atom is 0.271 e. The lowest BCUT2D eigenvalue weighted by Crippen LogP contribution is -2.11. The summed E-state index contributed by atoms with van der Waals surface area (Å²) in [6.07, 6.45) is 0. The highest BCUT2D eigenvalue weighted by Gasteiger charge is 2.17. The molecule has 1 aromatic heterocycles. The summed E-state index contributed by atoms with van der Waals surface area (Å²) in [5.41, 5.74) is 1.44. The fourth-order valence-corrected chi connectivity index (χ4v) is 4.07. The zero-order chi connectivity index (χ0) is 15.3. The van der Waals surface area contributed by atoms with Crippen molar-refractivity contribution >= 4 is 27.0 Å². The molecule has 0 saturated carbocycles. The molecule has 0 aliphatic carbocycles. The van der Waals surface area contributed by atoms with E-state index < -0.39 is 10.0 Å². The van der Waals surface area contributed by atoms with Crippen LogP contribution in [0.15, 0.2) is 39.9 Å². The molecule has 0 aliphatic heterocycles. The van der Waals surface area contributed by atoms with E-state index in [-0.39, 0.29) is 0 Å². The third-order valence-corrected chi connectivity index (χ3v) is 5.54. The molecule has 7 heteroatoms. The van der Waals surface area contributed by atoms with Crippen LogP contribution in [-0.4, -0.2) is 22.1 Å². The molecule has 0 spiro atoms. The second-order valence-corrected chi connectivity index (χ2v) is 7.19. The lowest BCUT2D eigenvalue weighted by Gasteiger charge is -2.08. The first kappa shape index (κ1) is 15.8. The van der Waals surface area contributed by atoms with E-state index in [0.717, 1.165) is 5.56 Å². The molecule has 0 aliphatic rings. The van der Waals surface area contributed by atoms with Gasteiger partial charge in [-0.3, -0.25) is 4.72 Å². The third-order valence-electron chi connectivity index (χ3n) is 2.67. The van der Waals surface area contributed by atoms with Gasteiger partial charge in [-0.2, -0.15) is 0 Å². The molecule has 1 aromatic carbocycles. The Balaban J connectivity index is 2.18. The van der Waals surface area contributed by atoms with Crippen molar-refractivity contribution in [3.05, 3.63) is 41.3 Å². The summed E-state index contributed by atoms with van der Waals surface area (Å²) in [6, 6.07) is 8.59. The molecular formula is C14H18N2O3S2.